The standard InChI is InChI=1S/C56H98O6/c1-4-7-10-13-16-19-21-23-24-25-26-27-28-29-30-31-32-34-35-37-40-43-46-49-55(58)61-52-53(51-60-54(57)48-45-42-39-18-15-12-9-6-3)62-56(59)50-47-44-41-38-36-33-22-20-17-14-11-8-5-2/h8,11,17,20,25-26,33,36,41,44,53H,4-7,9-10,12-16,18-19,21-24,27-32,34-35,37-40,42-43,45-52H2,1-3H3/b11-8-,20-17-,26-25-,36-33-,44-41-. The summed E-state index contributed by atoms with van der Waals surface area (Å²) < 4.78 is 16.7. The SMILES string of the molecule is CC/C=C\C/C=C\C/C=C\C/C=C\CCC(=O)OC(COC(=O)CCCCCCCCCC)COC(=O)CCCCCCCCCCCCC/C=C\CCCCCCCCCC. The number of allylic oxidation sites excluding steroid dienone is 10. The highest BCUT2D eigenvalue weighted by Crippen LogP contribution is 2.15. The zero-order chi connectivity index (χ0) is 45.1. The van der Waals surface area contributed by atoms with Gasteiger partial charge in [-0.3, -0.25) is 14.4 Å². The normalized spacial score (nSPS) is 12.5. The molecule has 6 heteroatoms. The van der Waals surface area contributed by atoms with Gasteiger partial charge in [-0.25, -0.2) is 0 Å². The molecule has 1 atom stereocenters. The number of rotatable bonds is 47. The molecule has 0 aromatic heterocycles. The molecular formula is C56H98O6. The van der Waals surface area contributed by atoms with Crippen LogP contribution in [0.3, 0.4) is 0 Å². The van der Waals surface area contributed by atoms with E-state index in [-0.39, 0.29) is 37.5 Å². The molecule has 1 unspecified atom stereocenters. The highest BCUT2D eigenvalue weighted by Gasteiger charge is 2.19. The van der Waals surface area contributed by atoms with Gasteiger partial charge in [-0.1, -0.05) is 229 Å². The Bertz CT molecular complexity index is 1130. The molecule has 6 nitrogen and oxygen atoms in total. The Morgan fingerprint density at radius 3 is 1.05 bits per heavy atom. The second-order valence-corrected chi connectivity index (χ2v) is 17.4. The molecule has 0 saturated heterocycles. The van der Waals surface area contributed by atoms with Gasteiger partial charge in [0.15, 0.2) is 6.10 Å². The molecule has 0 aromatic rings. The fraction of sp³-hybridized carbons (Fsp3) is 0.768. The van der Waals surface area contributed by atoms with Gasteiger partial charge in [-0.2, -0.15) is 0 Å². The van der Waals surface area contributed by atoms with Crippen LogP contribution >= 0.6 is 0 Å². The Morgan fingerprint density at radius 2 is 0.661 bits per heavy atom. The summed E-state index contributed by atoms with van der Waals surface area (Å²) in [6, 6.07) is 0. The van der Waals surface area contributed by atoms with Gasteiger partial charge >= 0.3 is 17.9 Å². The Balaban J connectivity index is 4.24. The molecule has 62 heavy (non-hydrogen) atoms. The number of hydrogen-bond acceptors (Lipinski definition) is 6. The van der Waals surface area contributed by atoms with Gasteiger partial charge in [0, 0.05) is 19.3 Å². The van der Waals surface area contributed by atoms with E-state index in [0.717, 1.165) is 64.2 Å². The van der Waals surface area contributed by atoms with Gasteiger partial charge in [-0.15, -0.1) is 0 Å². The molecule has 0 spiro atoms. The highest BCUT2D eigenvalue weighted by atomic mass is 16.6. The molecule has 0 bridgehead atoms. The summed E-state index contributed by atoms with van der Waals surface area (Å²) in [6.45, 7) is 6.44. The summed E-state index contributed by atoms with van der Waals surface area (Å²) in [5, 5.41) is 0. The van der Waals surface area contributed by atoms with Crippen LogP contribution in [0.1, 0.15) is 258 Å². The predicted octanol–water partition coefficient (Wildman–Crippen LogP) is 17.3. The lowest BCUT2D eigenvalue weighted by Gasteiger charge is -2.18. The molecule has 0 rings (SSSR count). The first-order chi connectivity index (χ1) is 30.5. The van der Waals surface area contributed by atoms with Crippen LogP contribution in [0.2, 0.25) is 0 Å². The van der Waals surface area contributed by atoms with E-state index < -0.39 is 6.10 Å². The van der Waals surface area contributed by atoms with Gasteiger partial charge in [0.05, 0.1) is 0 Å². The summed E-state index contributed by atoms with van der Waals surface area (Å²) in [5.41, 5.74) is 0. The maximum Gasteiger partial charge on any atom is 0.306 e. The van der Waals surface area contributed by atoms with Crippen molar-refractivity contribution in [3.63, 3.8) is 0 Å². The smallest absolute Gasteiger partial charge is 0.306 e. The Kier molecular flexibility index (Phi) is 48.4. The zero-order valence-electron chi connectivity index (χ0n) is 40.9. The van der Waals surface area contributed by atoms with E-state index in [1.807, 2.05) is 12.2 Å². The lowest BCUT2D eigenvalue weighted by atomic mass is 10.0. The molecule has 0 amide bonds. The van der Waals surface area contributed by atoms with Crippen LogP contribution in [-0.4, -0.2) is 37.2 Å². The molecular weight excluding hydrogens is 769 g/mol. The number of carbonyl (C=O) groups is 3. The molecule has 0 aliphatic rings. The van der Waals surface area contributed by atoms with Crippen molar-refractivity contribution < 1.29 is 28.6 Å². The molecule has 0 aliphatic carbocycles. The van der Waals surface area contributed by atoms with Crippen LogP contribution in [0, 0.1) is 0 Å². The fourth-order valence-corrected chi connectivity index (χ4v) is 7.33. The largest absolute Gasteiger partial charge is 0.462 e. The minimum absolute atomic E-state index is 0.102. The Morgan fingerprint density at radius 1 is 0.339 bits per heavy atom. The van der Waals surface area contributed by atoms with Gasteiger partial charge in [-0.05, 0) is 70.6 Å². The second-order valence-electron chi connectivity index (χ2n) is 17.4. The van der Waals surface area contributed by atoms with Crippen molar-refractivity contribution in [3.8, 4) is 0 Å². The van der Waals surface area contributed by atoms with E-state index in [1.165, 1.54) is 148 Å². The van der Waals surface area contributed by atoms with Crippen LogP contribution in [0.25, 0.3) is 0 Å². The van der Waals surface area contributed by atoms with Gasteiger partial charge < -0.3 is 14.2 Å². The number of esters is 3. The maximum absolute atomic E-state index is 12.7. The van der Waals surface area contributed by atoms with Crippen LogP contribution in [0.5, 0.6) is 0 Å². The summed E-state index contributed by atoms with van der Waals surface area (Å²) in [6.07, 6.45) is 62.5. The minimum Gasteiger partial charge on any atom is -0.462 e. The molecule has 0 N–H and O–H groups in total. The first-order valence-corrected chi connectivity index (χ1v) is 26.3. The monoisotopic (exact) mass is 867 g/mol. The van der Waals surface area contributed by atoms with E-state index in [2.05, 4.69) is 69.4 Å². The van der Waals surface area contributed by atoms with Crippen molar-refractivity contribution in [3.05, 3.63) is 60.8 Å². The van der Waals surface area contributed by atoms with Crippen molar-refractivity contribution in [1.29, 1.82) is 0 Å². The van der Waals surface area contributed by atoms with Crippen LogP contribution in [0.15, 0.2) is 60.8 Å². The third kappa shape index (κ3) is 48.1. The highest BCUT2D eigenvalue weighted by molar-refractivity contribution is 5.71. The minimum atomic E-state index is -0.808. The van der Waals surface area contributed by atoms with Crippen molar-refractivity contribution in [2.45, 2.75) is 264 Å². The Hall–Kier alpha value is -2.89. The number of hydrogen-bond donors (Lipinski definition) is 0. The van der Waals surface area contributed by atoms with Crippen LogP contribution in [-0.2, 0) is 28.6 Å². The number of unbranched alkanes of at least 4 members (excludes halogenated alkanes) is 26. The van der Waals surface area contributed by atoms with Gasteiger partial charge in [0.2, 0.25) is 0 Å². The predicted molar refractivity (Wildman–Crippen MR) is 265 cm³/mol. The maximum atomic E-state index is 12.7. The molecule has 0 aliphatic heterocycles. The fourth-order valence-electron chi connectivity index (χ4n) is 7.33. The summed E-state index contributed by atoms with van der Waals surface area (Å²) >= 11 is 0. The topological polar surface area (TPSA) is 78.9 Å². The quantitative estimate of drug-likeness (QED) is 0.0262. The molecule has 358 valence electrons. The first-order valence-electron chi connectivity index (χ1n) is 26.3. The lowest BCUT2D eigenvalue weighted by Crippen LogP contribution is -2.30. The van der Waals surface area contributed by atoms with Crippen LogP contribution < -0.4 is 0 Å². The summed E-state index contributed by atoms with van der Waals surface area (Å²) in [7, 11) is 0. The van der Waals surface area contributed by atoms with Crippen molar-refractivity contribution in [1.82, 2.24) is 0 Å². The van der Waals surface area contributed by atoms with Crippen molar-refractivity contribution >= 4 is 17.9 Å². The van der Waals surface area contributed by atoms with E-state index in [4.69, 9.17) is 14.2 Å². The zero-order valence-corrected chi connectivity index (χ0v) is 40.9. The van der Waals surface area contributed by atoms with E-state index >= 15 is 0 Å². The van der Waals surface area contributed by atoms with Gasteiger partial charge in [0.1, 0.15) is 13.2 Å². The van der Waals surface area contributed by atoms with Crippen LogP contribution in [0.4, 0.5) is 0 Å². The second kappa shape index (κ2) is 50.8. The third-order valence-electron chi connectivity index (χ3n) is 11.3. The number of carbonyl (C=O) groups excluding carboxylic acids is 3. The van der Waals surface area contributed by atoms with E-state index in [9.17, 15) is 14.4 Å². The summed E-state index contributed by atoms with van der Waals surface area (Å²) in [4.78, 5) is 37.8. The van der Waals surface area contributed by atoms with Crippen molar-refractivity contribution in [2.24, 2.45) is 0 Å². The first kappa shape index (κ1) is 59.1. The molecule has 0 saturated carbocycles. The summed E-state index contributed by atoms with van der Waals surface area (Å²) in [5.74, 6) is -0.985. The molecule has 0 fully saturated rings. The van der Waals surface area contributed by atoms with E-state index in [0.29, 0.717) is 19.3 Å². The average Bonchev–Trinajstić information content (AvgIpc) is 3.27. The third-order valence-corrected chi connectivity index (χ3v) is 11.3. The van der Waals surface area contributed by atoms with E-state index in [1.54, 1.807) is 0 Å². The lowest BCUT2D eigenvalue weighted by molar-refractivity contribution is -0.166. The average molecular weight is 867 g/mol. The molecule has 0 heterocycles. The Labute approximate surface area is 383 Å². The van der Waals surface area contributed by atoms with Crippen molar-refractivity contribution in [2.75, 3.05) is 13.2 Å². The molecule has 0 aromatic carbocycles. The molecule has 0 radical (unpaired) electrons. The van der Waals surface area contributed by atoms with Gasteiger partial charge in [0.25, 0.3) is 0 Å². The number of ether oxygens (including phenoxy) is 3.